The van der Waals surface area contributed by atoms with E-state index in [2.05, 4.69) is 120 Å². The molecule has 0 fully saturated rings. The van der Waals surface area contributed by atoms with Gasteiger partial charge in [-0.15, -0.1) is 0 Å². The number of rotatable bonds is 12. The van der Waals surface area contributed by atoms with E-state index in [1.54, 1.807) is 196 Å². The maximum atomic E-state index is 14.5. The second-order valence-electron chi connectivity index (χ2n) is 29.3. The zero-order chi connectivity index (χ0) is 91.7. The Balaban J connectivity index is 0.000000108. The highest BCUT2D eigenvalue weighted by atomic mass is 35.5. The largest absolute Gasteiger partial charge is 0.383 e. The minimum Gasteiger partial charge on any atom is -0.383 e. The molecular formula is C100H62Cl2F5N27. The standard InChI is InChI=1S/C22H14FN5.C21H12ClFN6.C21H13FN6.C18H11ClFN5.C18H12FN5/c23-18-7-2-1-4-16(18)19-12-17(20-22(28-19)27-11-10-25-20)13-5-3-6-15-14(13)8-9-26-21(15)24;22-11-1-2-16(23)14(9-11)17-10-15(19-21(29-17)28-8-7-26-19)18-12-3-6-27-20(24)13(12)4-5-25-18;22-16-4-2-1-3-14(16)17-11-15(19-21(28-17)27-10-9-25-19)18-12-5-8-26-20(23)13(12)6-7-24-18;19-11-1-2-14(20)13(9-11)15-10-16(24-12-3-5-21-6-4-12)17-18(25-15)23-8-7-22-17;19-14-4-2-1-3-13(14)15-11-16(23-12-5-7-20-8-6-12)17-18(24-15)22-10-9-21-17/h1-12H,(H2,24,26);1-10H,(H2,24,27);1-11H,(H2,23,26);1-10H,(H,21,23,24,25);1-11H,(H,20,22,23,24). The summed E-state index contributed by atoms with van der Waals surface area (Å²) < 4.78 is 71.7. The molecule has 0 unspecified atom stereocenters. The fourth-order valence-corrected chi connectivity index (χ4v) is 15.3. The maximum absolute atomic E-state index is 14.5. The van der Waals surface area contributed by atoms with Crippen molar-refractivity contribution >= 4 is 152 Å². The van der Waals surface area contributed by atoms with E-state index in [0.29, 0.717) is 168 Å². The van der Waals surface area contributed by atoms with Gasteiger partial charge in [-0.1, -0.05) is 77.8 Å². The van der Waals surface area contributed by atoms with Crippen LogP contribution in [0.4, 0.5) is 62.2 Å². The lowest BCUT2D eigenvalue weighted by Gasteiger charge is -2.12. The first kappa shape index (κ1) is 85.3. The molecule has 0 saturated heterocycles. The molecule has 0 atom stereocenters. The number of anilines is 7. The first-order valence-electron chi connectivity index (χ1n) is 40.8. The van der Waals surface area contributed by atoms with E-state index >= 15 is 0 Å². The second-order valence-corrected chi connectivity index (χ2v) is 30.2. The summed E-state index contributed by atoms with van der Waals surface area (Å²) in [6, 6.07) is 59.5. The summed E-state index contributed by atoms with van der Waals surface area (Å²) in [5.41, 5.74) is 34.7. The summed E-state index contributed by atoms with van der Waals surface area (Å²) in [4.78, 5) is 95.4. The van der Waals surface area contributed by atoms with E-state index in [4.69, 9.17) is 40.4 Å². The number of pyridine rings is 12. The fourth-order valence-electron chi connectivity index (χ4n) is 14.9. The lowest BCUT2D eigenvalue weighted by molar-refractivity contribution is 0.630. The van der Waals surface area contributed by atoms with Crippen LogP contribution in [-0.2, 0) is 0 Å². The van der Waals surface area contributed by atoms with Gasteiger partial charge >= 0.3 is 0 Å². The van der Waals surface area contributed by atoms with Gasteiger partial charge in [0.2, 0.25) is 0 Å². The van der Waals surface area contributed by atoms with Gasteiger partial charge in [0.05, 0.1) is 51.2 Å². The van der Waals surface area contributed by atoms with Crippen LogP contribution in [0.15, 0.2) is 330 Å². The zero-order valence-electron chi connectivity index (χ0n) is 69.4. The molecule has 646 valence electrons. The average molecular weight is 1810 g/mol. The van der Waals surface area contributed by atoms with Gasteiger partial charge in [-0.2, -0.15) is 0 Å². The van der Waals surface area contributed by atoms with Gasteiger partial charge in [0.25, 0.3) is 0 Å². The third-order valence-electron chi connectivity index (χ3n) is 21.1. The number of nitrogens with two attached hydrogens (primary N) is 3. The van der Waals surface area contributed by atoms with Crippen LogP contribution >= 0.6 is 23.2 Å². The SMILES string of the molecule is Fc1ccc(Cl)cc1-c1cc(Nc2ccncc2)c2nccnc2n1.Fc1ccccc1-c1cc(Nc2ccncc2)c2nccnc2n1.Nc1nccc2c(-c3cc(-c4cc(Cl)ccc4F)nc4nccnc34)nccc12.Nc1nccc2c(-c3cc(-c4ccccc4F)nc4nccnc34)cccc12.Nc1nccc2c(-c3cc(-c4ccccc4F)nc4nccnc34)nccc12. The van der Waals surface area contributed by atoms with E-state index in [0.717, 1.165) is 54.8 Å². The van der Waals surface area contributed by atoms with Crippen LogP contribution in [0.1, 0.15) is 0 Å². The summed E-state index contributed by atoms with van der Waals surface area (Å²) in [5, 5.41) is 12.3. The third kappa shape index (κ3) is 18.0. The van der Waals surface area contributed by atoms with Gasteiger partial charge in [0, 0.05) is 211 Å². The molecule has 6 aromatic carbocycles. The molecule has 0 spiro atoms. The van der Waals surface area contributed by atoms with E-state index < -0.39 is 11.6 Å². The Morgan fingerprint density at radius 1 is 0.216 bits per heavy atom. The Hall–Kier alpha value is -18.2. The van der Waals surface area contributed by atoms with Crippen LogP contribution in [0.2, 0.25) is 10.0 Å². The fraction of sp³-hybridized carbons (Fsp3) is 0. The van der Waals surface area contributed by atoms with Gasteiger partial charge in [-0.3, -0.25) is 34.9 Å². The van der Waals surface area contributed by atoms with Crippen molar-refractivity contribution in [3.63, 3.8) is 0 Å². The molecule has 17 heterocycles. The Labute approximate surface area is 765 Å². The highest BCUT2D eigenvalue weighted by molar-refractivity contribution is 6.31. The minimum absolute atomic E-state index is 0.271. The Bertz CT molecular complexity index is 8210. The summed E-state index contributed by atoms with van der Waals surface area (Å²) >= 11 is 12.1. The Morgan fingerprint density at radius 2 is 0.515 bits per heavy atom. The number of hydrogen-bond donors (Lipinski definition) is 5. The quantitative estimate of drug-likeness (QED) is 0.0709. The molecule has 23 rings (SSSR count). The van der Waals surface area contributed by atoms with Crippen molar-refractivity contribution in [3.8, 4) is 89.9 Å². The van der Waals surface area contributed by atoms with Crippen LogP contribution in [0.25, 0.3) is 178 Å². The predicted molar refractivity (Wildman–Crippen MR) is 510 cm³/mol. The van der Waals surface area contributed by atoms with Crippen molar-refractivity contribution in [1.29, 1.82) is 0 Å². The van der Waals surface area contributed by atoms with Crippen LogP contribution in [0.5, 0.6) is 0 Å². The summed E-state index contributed by atoms with van der Waals surface area (Å²) in [5.74, 6) is -0.595. The smallest absolute Gasteiger partial charge is 0.180 e. The van der Waals surface area contributed by atoms with Gasteiger partial charge < -0.3 is 27.8 Å². The molecule has 0 aliphatic rings. The van der Waals surface area contributed by atoms with Crippen molar-refractivity contribution in [2.75, 3.05) is 27.8 Å². The van der Waals surface area contributed by atoms with Gasteiger partial charge in [0.1, 0.15) is 74.1 Å². The van der Waals surface area contributed by atoms with Gasteiger partial charge in [0.15, 0.2) is 28.2 Å². The molecule has 0 aliphatic carbocycles. The summed E-state index contributed by atoms with van der Waals surface area (Å²) in [6.07, 6.45) is 30.7. The van der Waals surface area contributed by atoms with Crippen molar-refractivity contribution in [2.24, 2.45) is 0 Å². The lowest BCUT2D eigenvalue weighted by atomic mass is 9.97. The molecule has 17 aromatic heterocycles. The maximum Gasteiger partial charge on any atom is 0.180 e. The molecule has 134 heavy (non-hydrogen) atoms. The molecule has 0 bridgehead atoms. The number of halogens is 7. The monoisotopic (exact) mass is 1810 g/mol. The number of fused-ring (bicyclic) bond motifs is 8. The van der Waals surface area contributed by atoms with Crippen molar-refractivity contribution in [2.45, 2.75) is 0 Å². The molecular weight excluding hydrogens is 1750 g/mol. The van der Waals surface area contributed by atoms with Crippen LogP contribution in [0, 0.1) is 29.1 Å². The van der Waals surface area contributed by atoms with Crippen LogP contribution in [-0.4, -0.2) is 110 Å². The zero-order valence-corrected chi connectivity index (χ0v) is 70.9. The number of nitrogens with one attached hydrogen (secondary N) is 2. The molecule has 27 nitrogen and oxygen atoms in total. The van der Waals surface area contributed by atoms with E-state index in [1.807, 2.05) is 72.8 Å². The predicted octanol–water partition coefficient (Wildman–Crippen LogP) is 21.9. The Morgan fingerprint density at radius 3 is 0.918 bits per heavy atom. The van der Waals surface area contributed by atoms with E-state index in [-0.39, 0.29) is 23.0 Å². The number of nitrogens with zero attached hydrogens (tertiary/aromatic N) is 22. The highest BCUT2D eigenvalue weighted by Gasteiger charge is 2.24. The summed E-state index contributed by atoms with van der Waals surface area (Å²) in [7, 11) is 0. The number of aromatic nitrogens is 22. The van der Waals surface area contributed by atoms with E-state index in [1.165, 1.54) is 60.8 Å². The highest BCUT2D eigenvalue weighted by Crippen LogP contribution is 2.42. The minimum atomic E-state index is -0.435. The Kier molecular flexibility index (Phi) is 24.2. The van der Waals surface area contributed by atoms with Gasteiger partial charge in [-0.05, 0) is 169 Å². The second kappa shape index (κ2) is 38.0. The molecule has 0 amide bonds. The normalized spacial score (nSPS) is 11.0. The van der Waals surface area contributed by atoms with E-state index in [9.17, 15) is 22.0 Å². The number of benzene rings is 6. The molecule has 0 radical (unpaired) electrons. The molecule has 0 aliphatic heterocycles. The summed E-state index contributed by atoms with van der Waals surface area (Å²) in [6.45, 7) is 0. The van der Waals surface area contributed by atoms with Gasteiger partial charge in [-0.25, -0.2) is 96.7 Å². The van der Waals surface area contributed by atoms with Crippen molar-refractivity contribution in [3.05, 3.63) is 369 Å². The third-order valence-corrected chi connectivity index (χ3v) is 21.5. The van der Waals surface area contributed by atoms with Crippen LogP contribution in [0.3, 0.4) is 0 Å². The number of hydrogen-bond acceptors (Lipinski definition) is 27. The topological polar surface area (TPSA) is 386 Å². The van der Waals surface area contributed by atoms with Crippen LogP contribution < -0.4 is 27.8 Å². The van der Waals surface area contributed by atoms with Crippen molar-refractivity contribution in [1.82, 2.24) is 110 Å². The molecule has 34 heteroatoms. The average Bonchev–Trinajstić information content (AvgIpc) is 0.767. The van der Waals surface area contributed by atoms with Crippen molar-refractivity contribution < 1.29 is 22.0 Å². The molecule has 0 saturated carbocycles. The molecule has 23 aromatic rings. The first-order valence-corrected chi connectivity index (χ1v) is 41.5. The lowest BCUT2D eigenvalue weighted by Crippen LogP contribution is -1.98. The first-order chi connectivity index (χ1) is 65.6. The number of nitrogen functional groups attached to an aromatic ring is 3. The molecule has 8 N–H and O–H groups in total.